The maximum atomic E-state index is 13.5. The first-order chi connectivity index (χ1) is 16.0. The predicted molar refractivity (Wildman–Crippen MR) is 136 cm³/mol. The highest BCUT2D eigenvalue weighted by atomic mass is 32.1. The number of anilines is 2. The molecule has 0 saturated carbocycles. The summed E-state index contributed by atoms with van der Waals surface area (Å²) in [6, 6.07) is 17.5. The molecule has 0 radical (unpaired) electrons. The van der Waals surface area contributed by atoms with Crippen LogP contribution in [0.15, 0.2) is 70.6 Å². The molecular formula is C26H24N4O2S. The molecule has 0 unspecified atom stereocenters. The lowest BCUT2D eigenvalue weighted by Crippen LogP contribution is -2.37. The molecular weight excluding hydrogens is 432 g/mol. The van der Waals surface area contributed by atoms with E-state index in [9.17, 15) is 9.59 Å². The Morgan fingerprint density at radius 3 is 2.36 bits per heavy atom. The number of carbonyl (C=O) groups excluding carboxylic acids is 1. The molecule has 5 rings (SSSR count). The third-order valence-electron chi connectivity index (χ3n) is 5.92. The number of hydrazone groups is 1. The standard InChI is InChI=1S/C26H24N4O2S/c1-4-28-20-14-10-9-11-18(20)15-16-21(28)23-25(32)29(5-2)26(33-23)22-17(3)27-30(24(22)31)19-12-7-6-8-13-19/h6-16H,4-5H2,1-3H3/b23-21-,26-22-. The molecule has 1 amide bonds. The van der Waals surface area contributed by atoms with Gasteiger partial charge in [-0.15, -0.1) is 11.3 Å². The number of likely N-dealkylation sites (N-methyl/N-ethyl adjacent to an activating group) is 1. The lowest BCUT2D eigenvalue weighted by atomic mass is 10.1. The summed E-state index contributed by atoms with van der Waals surface area (Å²) in [4.78, 5) is 29.1. The molecule has 2 aliphatic rings. The second-order valence-electron chi connectivity index (χ2n) is 7.82. The summed E-state index contributed by atoms with van der Waals surface area (Å²) >= 11 is 1.37. The number of thiazole rings is 1. The average Bonchev–Trinajstić information content (AvgIpc) is 3.33. The van der Waals surface area contributed by atoms with E-state index in [1.807, 2.05) is 68.5 Å². The number of fused-ring (bicyclic) bond motifs is 1. The van der Waals surface area contributed by atoms with E-state index in [0.29, 0.717) is 32.7 Å². The van der Waals surface area contributed by atoms with Crippen LogP contribution in [-0.2, 0) is 11.3 Å². The van der Waals surface area contributed by atoms with E-state index >= 15 is 0 Å². The van der Waals surface area contributed by atoms with Gasteiger partial charge in [0.1, 0.15) is 9.20 Å². The highest BCUT2D eigenvalue weighted by Gasteiger charge is 2.31. The quantitative estimate of drug-likeness (QED) is 0.608. The molecule has 0 N–H and O–H groups in total. The van der Waals surface area contributed by atoms with Crippen LogP contribution >= 0.6 is 11.3 Å². The zero-order valence-electron chi connectivity index (χ0n) is 18.8. The van der Waals surface area contributed by atoms with Gasteiger partial charge >= 0.3 is 0 Å². The van der Waals surface area contributed by atoms with E-state index < -0.39 is 0 Å². The molecule has 3 aromatic rings. The van der Waals surface area contributed by atoms with Gasteiger partial charge in [-0.2, -0.15) is 10.1 Å². The Labute approximate surface area is 195 Å². The Morgan fingerprint density at radius 1 is 0.909 bits per heavy atom. The lowest BCUT2D eigenvalue weighted by Gasteiger charge is -2.28. The molecule has 2 aromatic carbocycles. The molecule has 166 valence electrons. The van der Waals surface area contributed by atoms with Crippen molar-refractivity contribution in [3.8, 4) is 0 Å². The Kier molecular flexibility index (Phi) is 5.34. The van der Waals surface area contributed by atoms with Crippen LogP contribution in [0.2, 0.25) is 0 Å². The summed E-state index contributed by atoms with van der Waals surface area (Å²) < 4.78 is 2.97. The first kappa shape index (κ1) is 21.2. The number of benzene rings is 2. The van der Waals surface area contributed by atoms with Crippen LogP contribution in [0.1, 0.15) is 26.3 Å². The monoisotopic (exact) mass is 456 g/mol. The number of carbonyl (C=O) groups is 1. The van der Waals surface area contributed by atoms with Gasteiger partial charge in [0.2, 0.25) is 0 Å². The third kappa shape index (κ3) is 3.36. The summed E-state index contributed by atoms with van der Waals surface area (Å²) in [5.41, 5.74) is 4.78. The van der Waals surface area contributed by atoms with E-state index in [1.54, 1.807) is 4.57 Å². The van der Waals surface area contributed by atoms with E-state index in [-0.39, 0.29) is 11.5 Å². The largest absolute Gasteiger partial charge is 0.340 e. The van der Waals surface area contributed by atoms with Gasteiger partial charge in [-0.05, 0) is 50.6 Å². The number of hydrogen-bond acceptors (Lipinski definition) is 5. The van der Waals surface area contributed by atoms with Crippen molar-refractivity contribution in [1.82, 2.24) is 4.57 Å². The normalized spacial score (nSPS) is 18.6. The maximum absolute atomic E-state index is 13.5. The van der Waals surface area contributed by atoms with Crippen LogP contribution in [-0.4, -0.2) is 22.7 Å². The highest BCUT2D eigenvalue weighted by Crippen LogP contribution is 2.30. The van der Waals surface area contributed by atoms with Gasteiger partial charge in [-0.3, -0.25) is 14.2 Å². The predicted octanol–water partition coefficient (Wildman–Crippen LogP) is 3.16. The van der Waals surface area contributed by atoms with Crippen molar-refractivity contribution >= 4 is 51.7 Å². The molecule has 2 aliphatic heterocycles. The molecule has 6 nitrogen and oxygen atoms in total. The molecule has 3 heterocycles. The van der Waals surface area contributed by atoms with Gasteiger partial charge in [0, 0.05) is 18.8 Å². The zero-order chi connectivity index (χ0) is 23.1. The van der Waals surface area contributed by atoms with Crippen molar-refractivity contribution in [3.63, 3.8) is 0 Å². The first-order valence-electron chi connectivity index (χ1n) is 11.0. The van der Waals surface area contributed by atoms with Crippen LogP contribution < -0.4 is 24.7 Å². The Morgan fingerprint density at radius 2 is 1.64 bits per heavy atom. The van der Waals surface area contributed by atoms with Crippen LogP contribution in [0.4, 0.5) is 11.4 Å². The van der Waals surface area contributed by atoms with Gasteiger partial charge in [-0.25, -0.2) is 0 Å². The summed E-state index contributed by atoms with van der Waals surface area (Å²) in [6.45, 7) is 7.03. The molecule has 33 heavy (non-hydrogen) atoms. The minimum absolute atomic E-state index is 0.0822. The van der Waals surface area contributed by atoms with Crippen molar-refractivity contribution in [1.29, 1.82) is 0 Å². The molecule has 0 fully saturated rings. The van der Waals surface area contributed by atoms with Crippen molar-refractivity contribution in [3.05, 3.63) is 85.8 Å². The second-order valence-corrected chi connectivity index (χ2v) is 8.82. The zero-order valence-corrected chi connectivity index (χ0v) is 19.6. The minimum atomic E-state index is -0.212. The fourth-order valence-electron chi connectivity index (χ4n) is 4.34. The smallest absolute Gasteiger partial charge is 0.283 e. The van der Waals surface area contributed by atoms with E-state index in [0.717, 1.165) is 23.5 Å². The molecule has 0 aliphatic carbocycles. The topological polar surface area (TPSA) is 57.9 Å². The van der Waals surface area contributed by atoms with E-state index in [2.05, 4.69) is 29.1 Å². The van der Waals surface area contributed by atoms with Gasteiger partial charge in [0.25, 0.3) is 11.5 Å². The molecule has 0 bridgehead atoms. The van der Waals surface area contributed by atoms with Crippen molar-refractivity contribution in [2.45, 2.75) is 27.3 Å². The Bertz CT molecular complexity index is 1490. The first-order valence-corrected chi connectivity index (χ1v) is 11.8. The van der Waals surface area contributed by atoms with Crippen molar-refractivity contribution < 1.29 is 4.79 Å². The van der Waals surface area contributed by atoms with E-state index in [4.69, 9.17) is 0 Å². The SMILES string of the molecule is CCN1/C(=c2\s/c(=C3\C(=O)N(c4ccccc4)N=C3C)n(CC)c2=O)C=Cc2ccccc21. The van der Waals surface area contributed by atoms with E-state index in [1.165, 1.54) is 16.3 Å². The molecule has 1 aromatic heterocycles. The summed E-state index contributed by atoms with van der Waals surface area (Å²) in [5.74, 6) is -0.212. The number of para-hydroxylation sites is 2. The lowest BCUT2D eigenvalue weighted by molar-refractivity contribution is -0.112. The van der Waals surface area contributed by atoms with Gasteiger partial charge in [0.15, 0.2) is 0 Å². The number of rotatable bonds is 3. The fraction of sp³-hybridized carbons (Fsp3) is 0.192. The Hall–Kier alpha value is -3.71. The highest BCUT2D eigenvalue weighted by molar-refractivity contribution is 7.08. The summed E-state index contributed by atoms with van der Waals surface area (Å²) in [5, 5.41) is 5.92. The Balaban J connectivity index is 1.75. The number of hydrogen-bond donors (Lipinski definition) is 0. The van der Waals surface area contributed by atoms with Gasteiger partial charge in [-0.1, -0.05) is 42.5 Å². The molecule has 0 spiro atoms. The van der Waals surface area contributed by atoms with Crippen LogP contribution in [0.5, 0.6) is 0 Å². The minimum Gasteiger partial charge on any atom is -0.340 e. The van der Waals surface area contributed by atoms with Crippen LogP contribution in [0.25, 0.3) is 17.3 Å². The molecule has 0 saturated heterocycles. The second kappa shape index (κ2) is 8.33. The third-order valence-corrected chi connectivity index (χ3v) is 7.13. The van der Waals surface area contributed by atoms with Crippen LogP contribution in [0, 0.1) is 0 Å². The van der Waals surface area contributed by atoms with Gasteiger partial charge in [0.05, 0.1) is 22.7 Å². The fourth-order valence-corrected chi connectivity index (χ4v) is 5.68. The summed E-state index contributed by atoms with van der Waals surface area (Å²) in [6.07, 6.45) is 4.05. The van der Waals surface area contributed by atoms with Gasteiger partial charge < -0.3 is 4.90 Å². The summed E-state index contributed by atoms with van der Waals surface area (Å²) in [7, 11) is 0. The maximum Gasteiger partial charge on any atom is 0.283 e. The molecule has 0 atom stereocenters. The average molecular weight is 457 g/mol. The van der Waals surface area contributed by atoms with Crippen LogP contribution in [0.3, 0.4) is 0 Å². The number of amides is 1. The number of aromatic nitrogens is 1. The number of nitrogens with zero attached hydrogens (tertiary/aromatic N) is 4. The van der Waals surface area contributed by atoms with Crippen molar-refractivity contribution in [2.75, 3.05) is 16.5 Å². The molecule has 7 heteroatoms. The van der Waals surface area contributed by atoms with Crippen molar-refractivity contribution in [2.24, 2.45) is 5.10 Å².